The zero-order valence-corrected chi connectivity index (χ0v) is 16.8. The number of anilines is 1. The lowest BCUT2D eigenvalue weighted by atomic mass is 9.99. The fourth-order valence-electron chi connectivity index (χ4n) is 3.40. The number of nitrogens with one attached hydrogen (secondary N) is 1. The molecule has 3 aromatic carbocycles. The van der Waals surface area contributed by atoms with Gasteiger partial charge in [-0.25, -0.2) is 4.98 Å². The second kappa shape index (κ2) is 8.00. The molecule has 5 nitrogen and oxygen atoms in total. The number of benzene rings is 3. The number of ether oxygens (including phenoxy) is 2. The van der Waals surface area contributed by atoms with Gasteiger partial charge >= 0.3 is 0 Å². The average Bonchev–Trinajstić information content (AvgIpc) is 3.43. The Kier molecular flexibility index (Phi) is 4.91. The number of amides is 1. The molecular formula is C24H18N2O3S. The molecule has 0 saturated heterocycles. The first-order chi connectivity index (χ1) is 14.8. The number of thiazole rings is 1. The van der Waals surface area contributed by atoms with Crippen molar-refractivity contribution in [3.63, 3.8) is 0 Å². The predicted octanol–water partition coefficient (Wildman–Crippen LogP) is 5.38. The monoisotopic (exact) mass is 414 g/mol. The number of rotatable bonds is 5. The highest BCUT2D eigenvalue weighted by atomic mass is 32.1. The Labute approximate surface area is 177 Å². The van der Waals surface area contributed by atoms with Crippen LogP contribution in [0.1, 0.15) is 21.5 Å². The Morgan fingerprint density at radius 1 is 0.967 bits per heavy atom. The molecule has 0 aliphatic carbocycles. The highest BCUT2D eigenvalue weighted by Gasteiger charge is 2.17. The molecule has 0 atom stereocenters. The van der Waals surface area contributed by atoms with Gasteiger partial charge in [0.15, 0.2) is 16.6 Å². The van der Waals surface area contributed by atoms with Crippen LogP contribution in [0.3, 0.4) is 0 Å². The van der Waals surface area contributed by atoms with Crippen molar-refractivity contribution in [2.24, 2.45) is 0 Å². The molecule has 1 N–H and O–H groups in total. The SMILES string of the molecule is O=C(Nc1nc(-c2ccc3c(c2)OCO3)cs1)c1ccccc1Cc1ccccc1. The number of carbonyl (C=O) groups excluding carboxylic acids is 1. The van der Waals surface area contributed by atoms with Crippen LogP contribution in [-0.2, 0) is 6.42 Å². The summed E-state index contributed by atoms with van der Waals surface area (Å²) in [4.78, 5) is 17.5. The molecule has 1 aliphatic heterocycles. The lowest BCUT2D eigenvalue weighted by Crippen LogP contribution is -2.14. The van der Waals surface area contributed by atoms with Crippen molar-refractivity contribution >= 4 is 22.4 Å². The summed E-state index contributed by atoms with van der Waals surface area (Å²) < 4.78 is 10.8. The molecule has 1 aromatic heterocycles. The number of carbonyl (C=O) groups is 1. The van der Waals surface area contributed by atoms with Crippen LogP contribution >= 0.6 is 11.3 Å². The summed E-state index contributed by atoms with van der Waals surface area (Å²) in [5, 5.41) is 5.42. The van der Waals surface area contributed by atoms with Gasteiger partial charge in [0.1, 0.15) is 0 Å². The van der Waals surface area contributed by atoms with Crippen LogP contribution in [0, 0.1) is 0 Å². The molecule has 0 saturated carbocycles. The molecule has 148 valence electrons. The van der Waals surface area contributed by atoms with Crippen molar-refractivity contribution in [1.82, 2.24) is 4.98 Å². The lowest BCUT2D eigenvalue weighted by Gasteiger charge is -2.09. The minimum absolute atomic E-state index is 0.159. The zero-order valence-electron chi connectivity index (χ0n) is 16.0. The van der Waals surface area contributed by atoms with Crippen molar-refractivity contribution in [3.8, 4) is 22.8 Å². The lowest BCUT2D eigenvalue weighted by molar-refractivity contribution is 0.102. The summed E-state index contributed by atoms with van der Waals surface area (Å²) in [6.07, 6.45) is 0.699. The third-order valence-electron chi connectivity index (χ3n) is 4.89. The molecule has 4 aromatic rings. The second-order valence-electron chi connectivity index (χ2n) is 6.88. The van der Waals surface area contributed by atoms with Crippen molar-refractivity contribution < 1.29 is 14.3 Å². The van der Waals surface area contributed by atoms with Gasteiger partial charge in [-0.2, -0.15) is 0 Å². The Balaban J connectivity index is 1.34. The molecule has 0 bridgehead atoms. The van der Waals surface area contributed by atoms with Crippen molar-refractivity contribution in [1.29, 1.82) is 0 Å². The summed E-state index contributed by atoms with van der Waals surface area (Å²) in [6, 6.07) is 23.5. The van der Waals surface area contributed by atoms with E-state index in [1.165, 1.54) is 11.3 Å². The van der Waals surface area contributed by atoms with Gasteiger partial charge in [-0.15, -0.1) is 11.3 Å². The van der Waals surface area contributed by atoms with Crippen LogP contribution in [0.25, 0.3) is 11.3 Å². The molecule has 30 heavy (non-hydrogen) atoms. The third kappa shape index (κ3) is 3.77. The van der Waals surface area contributed by atoms with Crippen molar-refractivity contribution in [2.75, 3.05) is 12.1 Å². The van der Waals surface area contributed by atoms with E-state index < -0.39 is 0 Å². The summed E-state index contributed by atoms with van der Waals surface area (Å²) in [6.45, 7) is 0.236. The van der Waals surface area contributed by atoms with Gasteiger partial charge in [0.25, 0.3) is 5.91 Å². The first-order valence-corrected chi connectivity index (χ1v) is 10.4. The maximum atomic E-state index is 12.9. The number of aromatic nitrogens is 1. The summed E-state index contributed by atoms with van der Waals surface area (Å²) >= 11 is 1.40. The molecule has 0 spiro atoms. The normalized spacial score (nSPS) is 12.0. The Morgan fingerprint density at radius 3 is 2.67 bits per heavy atom. The van der Waals surface area contributed by atoms with Crippen LogP contribution in [0.4, 0.5) is 5.13 Å². The third-order valence-corrected chi connectivity index (χ3v) is 5.65. The average molecular weight is 414 g/mol. The molecule has 1 aliphatic rings. The summed E-state index contributed by atoms with van der Waals surface area (Å²) in [5.74, 6) is 1.28. The minimum Gasteiger partial charge on any atom is -0.454 e. The van der Waals surface area contributed by atoms with Crippen LogP contribution in [0.15, 0.2) is 78.2 Å². The van der Waals surface area contributed by atoms with Crippen LogP contribution < -0.4 is 14.8 Å². The van der Waals surface area contributed by atoms with Crippen molar-refractivity contribution in [3.05, 3.63) is 94.9 Å². The number of hydrogen-bond donors (Lipinski definition) is 1. The fourth-order valence-corrected chi connectivity index (χ4v) is 4.11. The molecule has 5 rings (SSSR count). The molecule has 0 radical (unpaired) electrons. The molecule has 0 fully saturated rings. The minimum atomic E-state index is -0.159. The second-order valence-corrected chi connectivity index (χ2v) is 7.74. The highest BCUT2D eigenvalue weighted by Crippen LogP contribution is 2.36. The van der Waals surface area contributed by atoms with Gasteiger partial charge in [0, 0.05) is 16.5 Å². The Hall–Kier alpha value is -3.64. The van der Waals surface area contributed by atoms with E-state index in [1.54, 1.807) is 0 Å². The van der Waals surface area contributed by atoms with E-state index in [9.17, 15) is 4.79 Å². The quantitative estimate of drug-likeness (QED) is 0.476. The van der Waals surface area contributed by atoms with Gasteiger partial charge < -0.3 is 9.47 Å². The van der Waals surface area contributed by atoms with Crippen LogP contribution in [0.5, 0.6) is 11.5 Å². The number of hydrogen-bond acceptors (Lipinski definition) is 5. The van der Waals surface area contributed by atoms with Crippen LogP contribution in [-0.4, -0.2) is 17.7 Å². The van der Waals surface area contributed by atoms with Crippen LogP contribution in [0.2, 0.25) is 0 Å². The summed E-state index contributed by atoms with van der Waals surface area (Å²) in [5.41, 5.74) is 4.50. The largest absolute Gasteiger partial charge is 0.454 e. The molecule has 6 heteroatoms. The van der Waals surface area contributed by atoms with E-state index in [1.807, 2.05) is 66.0 Å². The van der Waals surface area contributed by atoms with Gasteiger partial charge in [0.2, 0.25) is 6.79 Å². The van der Waals surface area contributed by atoms with E-state index in [-0.39, 0.29) is 12.7 Å². The van der Waals surface area contributed by atoms with Gasteiger partial charge in [-0.1, -0.05) is 48.5 Å². The maximum Gasteiger partial charge on any atom is 0.257 e. The smallest absolute Gasteiger partial charge is 0.257 e. The first-order valence-electron chi connectivity index (χ1n) is 9.55. The first kappa shape index (κ1) is 18.4. The molecule has 0 unspecified atom stereocenters. The molecular weight excluding hydrogens is 396 g/mol. The topological polar surface area (TPSA) is 60.5 Å². The standard InChI is InChI=1S/C24H18N2O3S/c27-23(19-9-5-4-8-17(19)12-16-6-2-1-3-7-16)26-24-25-20(14-30-24)18-10-11-21-22(13-18)29-15-28-21/h1-11,13-14H,12,15H2,(H,25,26,27). The van der Waals surface area contributed by atoms with Gasteiger partial charge in [-0.3, -0.25) is 10.1 Å². The summed E-state index contributed by atoms with van der Waals surface area (Å²) in [7, 11) is 0. The molecule has 1 amide bonds. The zero-order chi connectivity index (χ0) is 20.3. The van der Waals surface area contributed by atoms with E-state index in [0.717, 1.165) is 28.1 Å². The van der Waals surface area contributed by atoms with Gasteiger partial charge in [-0.05, 0) is 41.8 Å². The Bertz CT molecular complexity index is 1200. The molecule has 2 heterocycles. The maximum absolute atomic E-state index is 12.9. The van der Waals surface area contributed by atoms with E-state index >= 15 is 0 Å². The van der Waals surface area contributed by atoms with E-state index in [2.05, 4.69) is 22.4 Å². The fraction of sp³-hybridized carbons (Fsp3) is 0.0833. The van der Waals surface area contributed by atoms with E-state index in [4.69, 9.17) is 9.47 Å². The predicted molar refractivity (Wildman–Crippen MR) is 117 cm³/mol. The Morgan fingerprint density at radius 2 is 1.77 bits per heavy atom. The van der Waals surface area contributed by atoms with Crippen molar-refractivity contribution in [2.45, 2.75) is 6.42 Å². The number of nitrogens with zero attached hydrogens (tertiary/aromatic N) is 1. The highest BCUT2D eigenvalue weighted by molar-refractivity contribution is 7.14. The van der Waals surface area contributed by atoms with E-state index in [0.29, 0.717) is 22.9 Å². The number of fused-ring (bicyclic) bond motifs is 1. The van der Waals surface area contributed by atoms with Gasteiger partial charge in [0.05, 0.1) is 5.69 Å².